The summed E-state index contributed by atoms with van der Waals surface area (Å²) in [5, 5.41) is 9.40. The van der Waals surface area contributed by atoms with Crippen molar-refractivity contribution in [3.63, 3.8) is 0 Å². The van der Waals surface area contributed by atoms with E-state index >= 15 is 0 Å². The molecule has 2 aromatic carbocycles. The number of Topliss-reactive ketones (excluding diaryl/α,β-unsaturated/α-hetero) is 1. The van der Waals surface area contributed by atoms with Gasteiger partial charge in [-0.1, -0.05) is 43.2 Å². The molecule has 0 amide bonds. The second-order valence-corrected chi connectivity index (χ2v) is 7.08. The maximum Gasteiger partial charge on any atom is 0.193 e. The zero-order chi connectivity index (χ0) is 18.4. The third-order valence-electron chi connectivity index (χ3n) is 5.05. The fraction of sp³-hybridized carbons (Fsp3) is 0.238. The van der Waals surface area contributed by atoms with Crippen molar-refractivity contribution in [2.45, 2.75) is 26.2 Å². The van der Waals surface area contributed by atoms with Crippen LogP contribution in [0.2, 0.25) is 5.02 Å². The van der Waals surface area contributed by atoms with Gasteiger partial charge >= 0.3 is 0 Å². The predicted molar refractivity (Wildman–Crippen MR) is 99.1 cm³/mol. The summed E-state index contributed by atoms with van der Waals surface area (Å²) < 4.78 is 5.32. The van der Waals surface area contributed by atoms with E-state index in [4.69, 9.17) is 21.6 Å². The molecule has 0 heterocycles. The molecule has 1 aliphatic rings. The van der Waals surface area contributed by atoms with E-state index < -0.39 is 0 Å². The topological polar surface area (TPSA) is 50.1 Å². The Bertz CT molecular complexity index is 947. The number of hydrogen-bond donors (Lipinski definition) is 0. The molecule has 0 saturated heterocycles. The Morgan fingerprint density at radius 1 is 1.16 bits per heavy atom. The number of benzene rings is 2. The normalized spacial score (nSPS) is 15.6. The molecule has 0 unspecified atom stereocenters. The van der Waals surface area contributed by atoms with Gasteiger partial charge in [0.1, 0.15) is 5.75 Å². The first-order chi connectivity index (χ1) is 11.8. The predicted octanol–water partition coefficient (Wildman–Crippen LogP) is 5.17. The van der Waals surface area contributed by atoms with Crippen molar-refractivity contribution in [3.05, 3.63) is 69.2 Å². The number of hydrogen-bond acceptors (Lipinski definition) is 3. The lowest BCUT2D eigenvalue weighted by molar-refractivity contribution is 0.105. The largest absolute Gasteiger partial charge is 0.495 e. The van der Waals surface area contributed by atoms with Crippen LogP contribution in [0.5, 0.6) is 5.75 Å². The van der Waals surface area contributed by atoms with Gasteiger partial charge in [-0.3, -0.25) is 4.79 Å². The molecule has 4 heteroatoms. The SMILES string of the molecule is COc1cc2c(cc1Cl)C(=O)C(c1ccc(C#N)cc1)=C(C)C2(C)C. The Kier molecular flexibility index (Phi) is 4.18. The number of allylic oxidation sites excluding steroid dienone is 2. The smallest absolute Gasteiger partial charge is 0.193 e. The molecule has 2 aromatic rings. The van der Waals surface area contributed by atoms with Crippen LogP contribution in [0.1, 0.15) is 47.8 Å². The van der Waals surface area contributed by atoms with Gasteiger partial charge in [-0.15, -0.1) is 0 Å². The summed E-state index contributed by atoms with van der Waals surface area (Å²) in [5.74, 6) is 0.511. The summed E-state index contributed by atoms with van der Waals surface area (Å²) >= 11 is 6.26. The van der Waals surface area contributed by atoms with Crippen LogP contribution in [0.15, 0.2) is 42.0 Å². The molecule has 0 radical (unpaired) electrons. The number of nitriles is 1. The van der Waals surface area contributed by atoms with Crippen molar-refractivity contribution < 1.29 is 9.53 Å². The van der Waals surface area contributed by atoms with Crippen LogP contribution in [0.3, 0.4) is 0 Å². The summed E-state index contributed by atoms with van der Waals surface area (Å²) in [7, 11) is 1.57. The van der Waals surface area contributed by atoms with Gasteiger partial charge < -0.3 is 4.74 Å². The van der Waals surface area contributed by atoms with Crippen LogP contribution in [0, 0.1) is 11.3 Å². The van der Waals surface area contributed by atoms with E-state index in [0.717, 1.165) is 16.7 Å². The highest BCUT2D eigenvalue weighted by atomic mass is 35.5. The lowest BCUT2D eigenvalue weighted by Crippen LogP contribution is -2.29. The highest BCUT2D eigenvalue weighted by molar-refractivity contribution is 6.35. The Balaban J connectivity index is 2.24. The molecule has 3 rings (SSSR count). The first-order valence-electron chi connectivity index (χ1n) is 7.96. The highest BCUT2D eigenvalue weighted by Crippen LogP contribution is 2.46. The van der Waals surface area contributed by atoms with Crippen molar-refractivity contribution in [2.75, 3.05) is 7.11 Å². The Morgan fingerprint density at radius 3 is 2.36 bits per heavy atom. The van der Waals surface area contributed by atoms with E-state index in [1.54, 1.807) is 25.3 Å². The summed E-state index contributed by atoms with van der Waals surface area (Å²) in [6.07, 6.45) is 0. The fourth-order valence-corrected chi connectivity index (χ4v) is 3.53. The summed E-state index contributed by atoms with van der Waals surface area (Å²) in [6.45, 7) is 6.16. The average molecular weight is 352 g/mol. The van der Waals surface area contributed by atoms with Crippen LogP contribution < -0.4 is 4.74 Å². The Hall–Kier alpha value is -2.57. The molecule has 0 aromatic heterocycles. The number of halogens is 1. The van der Waals surface area contributed by atoms with Crippen LogP contribution in [-0.2, 0) is 5.41 Å². The van der Waals surface area contributed by atoms with Gasteiger partial charge in [0.2, 0.25) is 0 Å². The first-order valence-corrected chi connectivity index (χ1v) is 8.33. The zero-order valence-electron chi connectivity index (χ0n) is 14.6. The molecular weight excluding hydrogens is 334 g/mol. The standard InChI is InChI=1S/C21H18ClNO2/c1-12-19(14-7-5-13(11-23)6-8-14)20(24)15-9-17(22)18(25-4)10-16(15)21(12,2)3/h5-10H,1-4H3. The van der Waals surface area contributed by atoms with Gasteiger partial charge in [-0.2, -0.15) is 5.26 Å². The maximum absolute atomic E-state index is 13.2. The molecule has 0 atom stereocenters. The van der Waals surface area contributed by atoms with Gasteiger partial charge in [0.05, 0.1) is 23.8 Å². The van der Waals surface area contributed by atoms with Crippen LogP contribution in [-0.4, -0.2) is 12.9 Å². The summed E-state index contributed by atoms with van der Waals surface area (Å²) in [5.41, 5.74) is 4.20. The van der Waals surface area contributed by atoms with Gasteiger partial charge in [0.15, 0.2) is 5.78 Å². The number of fused-ring (bicyclic) bond motifs is 1. The van der Waals surface area contributed by atoms with E-state index in [1.165, 1.54) is 0 Å². The molecule has 0 spiro atoms. The number of carbonyl (C=O) groups excluding carboxylic acids is 1. The van der Waals surface area contributed by atoms with E-state index in [2.05, 4.69) is 19.9 Å². The van der Waals surface area contributed by atoms with E-state index in [0.29, 0.717) is 27.5 Å². The zero-order valence-corrected chi connectivity index (χ0v) is 15.4. The molecular formula is C21H18ClNO2. The van der Waals surface area contributed by atoms with Crippen LogP contribution >= 0.6 is 11.6 Å². The quantitative estimate of drug-likeness (QED) is 0.750. The lowest BCUT2D eigenvalue weighted by atomic mass is 9.67. The molecule has 0 saturated carbocycles. The van der Waals surface area contributed by atoms with Crippen molar-refractivity contribution in [1.82, 2.24) is 0 Å². The molecule has 25 heavy (non-hydrogen) atoms. The Labute approximate surface area is 152 Å². The highest BCUT2D eigenvalue weighted by Gasteiger charge is 2.38. The fourth-order valence-electron chi connectivity index (χ4n) is 3.29. The molecule has 0 N–H and O–H groups in total. The lowest BCUT2D eigenvalue weighted by Gasteiger charge is -2.35. The van der Waals surface area contributed by atoms with Crippen molar-refractivity contribution >= 4 is 23.0 Å². The summed E-state index contributed by atoms with van der Waals surface area (Å²) in [4.78, 5) is 13.2. The second kappa shape index (κ2) is 6.06. The third-order valence-corrected chi connectivity index (χ3v) is 5.35. The maximum atomic E-state index is 13.2. The number of nitrogens with zero attached hydrogens (tertiary/aromatic N) is 1. The second-order valence-electron chi connectivity index (χ2n) is 6.68. The van der Waals surface area contributed by atoms with Gasteiger partial charge in [0.25, 0.3) is 0 Å². The molecule has 0 bridgehead atoms. The van der Waals surface area contributed by atoms with Crippen LogP contribution in [0.4, 0.5) is 0 Å². The van der Waals surface area contributed by atoms with Crippen molar-refractivity contribution in [2.24, 2.45) is 0 Å². The minimum atomic E-state index is -0.343. The van der Waals surface area contributed by atoms with E-state index in [9.17, 15) is 4.79 Å². The van der Waals surface area contributed by atoms with Gasteiger partial charge in [-0.25, -0.2) is 0 Å². The minimum Gasteiger partial charge on any atom is -0.495 e. The summed E-state index contributed by atoms with van der Waals surface area (Å²) in [6, 6.07) is 12.7. The molecule has 0 aliphatic heterocycles. The third kappa shape index (κ3) is 2.63. The molecule has 3 nitrogen and oxygen atoms in total. The van der Waals surface area contributed by atoms with Gasteiger partial charge in [-0.05, 0) is 42.3 Å². The number of ketones is 1. The van der Waals surface area contributed by atoms with Gasteiger partial charge in [0, 0.05) is 16.6 Å². The number of ether oxygens (including phenoxy) is 1. The number of methoxy groups -OCH3 is 1. The molecule has 0 fully saturated rings. The number of carbonyl (C=O) groups is 1. The average Bonchev–Trinajstić information content (AvgIpc) is 2.60. The van der Waals surface area contributed by atoms with E-state index in [1.807, 2.05) is 25.1 Å². The molecule has 126 valence electrons. The monoisotopic (exact) mass is 351 g/mol. The van der Waals surface area contributed by atoms with E-state index in [-0.39, 0.29) is 11.2 Å². The number of rotatable bonds is 2. The van der Waals surface area contributed by atoms with Crippen LogP contribution in [0.25, 0.3) is 5.57 Å². The molecule has 1 aliphatic carbocycles. The van der Waals surface area contributed by atoms with Crippen molar-refractivity contribution in [1.29, 1.82) is 5.26 Å². The Morgan fingerprint density at radius 2 is 1.80 bits per heavy atom. The minimum absolute atomic E-state index is 0.0546. The van der Waals surface area contributed by atoms with Crippen molar-refractivity contribution in [3.8, 4) is 11.8 Å². The first kappa shape index (κ1) is 17.3.